The number of aromatic nitrogens is 5. The Hall–Kier alpha value is -4.30. The molecule has 1 fully saturated rings. The molecule has 5 aromatic rings. The number of hydrogen-bond donors (Lipinski definition) is 1. The minimum Gasteiger partial charge on any atom is -0.469 e. The van der Waals surface area contributed by atoms with Crippen LogP contribution in [0, 0.1) is 19.8 Å². The Morgan fingerprint density at radius 1 is 0.957 bits per heavy atom. The molecule has 0 aliphatic heterocycles. The second-order valence-electron chi connectivity index (χ2n) is 12.3. The number of nitrogens with zero attached hydrogens (tertiary/aromatic N) is 5. The first-order chi connectivity index (χ1) is 22.2. The lowest BCUT2D eigenvalue weighted by atomic mass is 9.80. The molecule has 6 rings (SSSR count). The van der Waals surface area contributed by atoms with E-state index in [4.69, 9.17) is 19.9 Å². The molecule has 3 heterocycles. The van der Waals surface area contributed by atoms with Crippen LogP contribution in [-0.4, -0.2) is 42.7 Å². The van der Waals surface area contributed by atoms with Gasteiger partial charge in [0.15, 0.2) is 0 Å². The van der Waals surface area contributed by atoms with E-state index >= 15 is 0 Å². The molecule has 1 saturated carbocycles. The van der Waals surface area contributed by atoms with Crippen LogP contribution in [0.15, 0.2) is 66.9 Å². The Kier molecular flexibility index (Phi) is 10.4. The van der Waals surface area contributed by atoms with Crippen molar-refractivity contribution in [1.29, 1.82) is 0 Å². The van der Waals surface area contributed by atoms with Crippen molar-refractivity contribution in [1.82, 2.24) is 24.5 Å². The summed E-state index contributed by atoms with van der Waals surface area (Å²) in [6.45, 7) is 13.0. The topological polar surface area (TPSA) is 95.1 Å². The summed E-state index contributed by atoms with van der Waals surface area (Å²) in [6, 6.07) is 20.1. The van der Waals surface area contributed by atoms with Crippen molar-refractivity contribution in [2.24, 2.45) is 5.92 Å². The van der Waals surface area contributed by atoms with Crippen molar-refractivity contribution in [2.45, 2.75) is 91.7 Å². The quantitative estimate of drug-likeness (QED) is 0.175. The molecule has 1 unspecified atom stereocenters. The maximum atomic E-state index is 12.0. The normalized spacial score (nSPS) is 17.1. The zero-order valence-corrected chi connectivity index (χ0v) is 28.2. The van der Waals surface area contributed by atoms with Crippen LogP contribution in [0.5, 0.6) is 0 Å². The summed E-state index contributed by atoms with van der Waals surface area (Å²) in [5.74, 6) is 0.503. The van der Waals surface area contributed by atoms with Gasteiger partial charge in [0.1, 0.15) is 0 Å². The van der Waals surface area contributed by atoms with Crippen molar-refractivity contribution in [3.8, 4) is 16.9 Å². The lowest BCUT2D eigenvalue weighted by molar-refractivity contribution is -0.146. The fourth-order valence-corrected chi connectivity index (χ4v) is 6.80. The van der Waals surface area contributed by atoms with Crippen molar-refractivity contribution in [3.05, 3.63) is 95.1 Å². The summed E-state index contributed by atoms with van der Waals surface area (Å²) in [5, 5.41) is 21.9. The van der Waals surface area contributed by atoms with E-state index in [2.05, 4.69) is 45.9 Å². The summed E-state index contributed by atoms with van der Waals surface area (Å²) in [7, 11) is 1.47. The van der Waals surface area contributed by atoms with Gasteiger partial charge in [-0.25, -0.2) is 4.68 Å². The highest BCUT2D eigenvalue weighted by Gasteiger charge is 2.29. The van der Waals surface area contributed by atoms with Crippen LogP contribution < -0.4 is 0 Å². The second-order valence-corrected chi connectivity index (χ2v) is 12.3. The van der Waals surface area contributed by atoms with Crippen LogP contribution in [0.4, 0.5) is 0 Å². The van der Waals surface area contributed by atoms with Gasteiger partial charge in [0.2, 0.25) is 0 Å². The fraction of sp³-hybridized carbons (Fsp3) is 0.421. The standard InChI is InChI=1S/C36H41N5O3.C2H6/c1-22(2)34-24(4)41(32-19-18-30(37-23(32)3)25-14-16-27(17-15-25)36(43)44-5)39-35(34)28-12-9-13-31-29(28)20-40(38-31)21-33(42)26-10-7-6-8-11-26;1-2/h6-13,18-20,22,25,27,33,42H,14-17,21H2,1-5H3;1-2H3. The van der Waals surface area contributed by atoms with E-state index in [1.165, 1.54) is 12.7 Å². The van der Waals surface area contributed by atoms with Crippen molar-refractivity contribution in [3.63, 3.8) is 0 Å². The van der Waals surface area contributed by atoms with Gasteiger partial charge in [-0.2, -0.15) is 10.2 Å². The minimum atomic E-state index is -0.650. The molecule has 0 radical (unpaired) electrons. The number of esters is 1. The van der Waals surface area contributed by atoms with Crippen LogP contribution in [-0.2, 0) is 16.1 Å². The van der Waals surface area contributed by atoms with E-state index in [9.17, 15) is 9.90 Å². The number of aliphatic hydroxyl groups excluding tert-OH is 1. The Bertz CT molecular complexity index is 1780. The molecule has 0 spiro atoms. The smallest absolute Gasteiger partial charge is 0.308 e. The van der Waals surface area contributed by atoms with E-state index in [1.54, 1.807) is 0 Å². The van der Waals surface area contributed by atoms with Gasteiger partial charge in [-0.1, -0.05) is 70.2 Å². The first-order valence-electron chi connectivity index (χ1n) is 16.6. The van der Waals surface area contributed by atoms with Crippen molar-refractivity contribution in [2.75, 3.05) is 7.11 Å². The predicted molar refractivity (Wildman–Crippen MR) is 183 cm³/mol. The molecule has 242 valence electrons. The number of aliphatic hydroxyl groups is 1. The summed E-state index contributed by atoms with van der Waals surface area (Å²) >= 11 is 0. The molecule has 46 heavy (non-hydrogen) atoms. The van der Waals surface area contributed by atoms with E-state index in [1.807, 2.05) is 71.9 Å². The number of fused-ring (bicyclic) bond motifs is 1. The van der Waals surface area contributed by atoms with Gasteiger partial charge in [0.05, 0.1) is 48.3 Å². The SMILES string of the molecule is CC.COC(=O)C1CCC(c2ccc(-n3nc(-c4cccc5nn(CC(O)c6ccccc6)cc45)c(C(C)C)c3C)c(C)n2)CC1. The molecule has 1 aliphatic rings. The Balaban J connectivity index is 0.00000204. The molecule has 8 nitrogen and oxygen atoms in total. The number of carbonyl (C=O) groups excluding carboxylic acids is 1. The average molecular weight is 622 g/mol. The van der Waals surface area contributed by atoms with Crippen LogP contribution in [0.2, 0.25) is 0 Å². The number of pyridine rings is 1. The molecule has 0 saturated heterocycles. The van der Waals surface area contributed by atoms with Gasteiger partial charge < -0.3 is 9.84 Å². The van der Waals surface area contributed by atoms with Crippen LogP contribution in [0.3, 0.4) is 0 Å². The molecular weight excluding hydrogens is 574 g/mol. The molecular formula is C38H47N5O3. The number of carbonyl (C=O) groups is 1. The monoisotopic (exact) mass is 621 g/mol. The number of hydrogen-bond acceptors (Lipinski definition) is 6. The van der Waals surface area contributed by atoms with Crippen molar-refractivity contribution < 1.29 is 14.6 Å². The van der Waals surface area contributed by atoms with Crippen molar-refractivity contribution >= 4 is 16.9 Å². The van der Waals surface area contributed by atoms with Gasteiger partial charge in [-0.15, -0.1) is 0 Å². The van der Waals surface area contributed by atoms with E-state index in [0.29, 0.717) is 12.5 Å². The first-order valence-corrected chi connectivity index (χ1v) is 16.6. The van der Waals surface area contributed by atoms with Gasteiger partial charge in [0.25, 0.3) is 0 Å². The number of ether oxygens (including phenoxy) is 1. The first kappa shape index (κ1) is 33.1. The summed E-state index contributed by atoms with van der Waals surface area (Å²) < 4.78 is 8.83. The molecule has 1 N–H and O–H groups in total. The molecule has 3 aromatic heterocycles. The molecule has 0 bridgehead atoms. The highest BCUT2D eigenvalue weighted by molar-refractivity contribution is 5.94. The number of rotatable bonds is 8. The van der Waals surface area contributed by atoms with Crippen LogP contribution in [0.25, 0.3) is 27.8 Å². The summed E-state index contributed by atoms with van der Waals surface area (Å²) in [5.41, 5.74) is 8.98. The van der Waals surface area contributed by atoms with E-state index in [0.717, 1.165) is 76.2 Å². The Morgan fingerprint density at radius 3 is 2.33 bits per heavy atom. The molecule has 1 aliphatic carbocycles. The maximum absolute atomic E-state index is 12.0. The molecule has 8 heteroatoms. The van der Waals surface area contributed by atoms with E-state index in [-0.39, 0.29) is 17.8 Å². The highest BCUT2D eigenvalue weighted by Crippen LogP contribution is 2.38. The number of benzene rings is 2. The van der Waals surface area contributed by atoms with Crippen LogP contribution >= 0.6 is 0 Å². The summed E-state index contributed by atoms with van der Waals surface area (Å²) in [4.78, 5) is 17.0. The largest absolute Gasteiger partial charge is 0.469 e. The van der Waals surface area contributed by atoms with Gasteiger partial charge in [0, 0.05) is 40.0 Å². The van der Waals surface area contributed by atoms with Gasteiger partial charge in [-0.05, 0) is 69.2 Å². The third-order valence-corrected chi connectivity index (χ3v) is 9.12. The number of methoxy groups -OCH3 is 1. The Labute approximate surface area is 272 Å². The Morgan fingerprint density at radius 2 is 1.67 bits per heavy atom. The summed E-state index contributed by atoms with van der Waals surface area (Å²) in [6.07, 6.45) is 4.93. The maximum Gasteiger partial charge on any atom is 0.308 e. The highest BCUT2D eigenvalue weighted by atomic mass is 16.5. The zero-order valence-electron chi connectivity index (χ0n) is 28.2. The third-order valence-electron chi connectivity index (χ3n) is 9.12. The predicted octanol–water partition coefficient (Wildman–Crippen LogP) is 8.23. The zero-order chi connectivity index (χ0) is 33.0. The molecule has 2 aromatic carbocycles. The van der Waals surface area contributed by atoms with Gasteiger partial charge >= 0.3 is 5.97 Å². The third kappa shape index (κ3) is 6.63. The molecule has 0 amide bonds. The lowest BCUT2D eigenvalue weighted by Gasteiger charge is -2.27. The minimum absolute atomic E-state index is 0.00158. The number of aryl methyl sites for hydroxylation is 1. The average Bonchev–Trinajstić information content (AvgIpc) is 3.65. The molecule has 1 atom stereocenters. The van der Waals surface area contributed by atoms with E-state index < -0.39 is 6.10 Å². The van der Waals surface area contributed by atoms with Gasteiger partial charge in [-0.3, -0.25) is 14.5 Å². The second kappa shape index (κ2) is 14.4. The fourth-order valence-electron chi connectivity index (χ4n) is 6.80. The lowest BCUT2D eigenvalue weighted by Crippen LogP contribution is -2.22. The van der Waals surface area contributed by atoms with Crippen LogP contribution in [0.1, 0.15) is 99.5 Å².